The lowest BCUT2D eigenvalue weighted by molar-refractivity contribution is -0.126. The molecule has 3 heterocycles. The van der Waals surface area contributed by atoms with Crippen LogP contribution in [0.5, 0.6) is 5.75 Å². The lowest BCUT2D eigenvalue weighted by Crippen LogP contribution is -2.53. The van der Waals surface area contributed by atoms with Crippen molar-refractivity contribution in [1.29, 1.82) is 0 Å². The van der Waals surface area contributed by atoms with Gasteiger partial charge in [0.05, 0.1) is 30.3 Å². The summed E-state index contributed by atoms with van der Waals surface area (Å²) < 4.78 is 11.5. The molecule has 1 spiro atoms. The molecule has 0 fully saturated rings. The van der Waals surface area contributed by atoms with Crippen LogP contribution in [0.15, 0.2) is 100 Å². The highest BCUT2D eigenvalue weighted by Gasteiger charge is 2.64. The Morgan fingerprint density at radius 2 is 1.51 bits per heavy atom. The van der Waals surface area contributed by atoms with E-state index in [0.29, 0.717) is 35.2 Å². The number of rotatable bonds is 6. The van der Waals surface area contributed by atoms with Gasteiger partial charge in [0.2, 0.25) is 5.76 Å². The maximum absolute atomic E-state index is 15.0. The SMILES string of the molecule is COc1ccc(CCN2C(=O)c3oc4ccc(C)cc4c(=O)c3C23C(=O)N(Cc2ccc(C)cc2)c2ccccc23)cc1. The summed E-state index contributed by atoms with van der Waals surface area (Å²) in [6.45, 7) is 4.41. The highest BCUT2D eigenvalue weighted by molar-refractivity contribution is 6.17. The fourth-order valence-electron chi connectivity index (χ4n) is 6.47. The molecular formula is C36H30N2O5. The Morgan fingerprint density at radius 1 is 0.814 bits per heavy atom. The minimum absolute atomic E-state index is 0.0728. The summed E-state index contributed by atoms with van der Waals surface area (Å²) in [5, 5.41) is 0.352. The largest absolute Gasteiger partial charge is 0.497 e. The molecule has 0 saturated heterocycles. The molecule has 1 aromatic heterocycles. The number of para-hydroxylation sites is 1. The van der Waals surface area contributed by atoms with E-state index in [0.717, 1.165) is 28.0 Å². The Hall–Kier alpha value is -5.17. The Labute approximate surface area is 248 Å². The first-order chi connectivity index (χ1) is 20.8. The summed E-state index contributed by atoms with van der Waals surface area (Å²) in [4.78, 5) is 46.9. The zero-order valence-electron chi connectivity index (χ0n) is 24.2. The van der Waals surface area contributed by atoms with Gasteiger partial charge in [-0.1, -0.05) is 71.8 Å². The molecule has 0 radical (unpaired) electrons. The number of carbonyl (C=O) groups is 2. The van der Waals surface area contributed by atoms with Crippen LogP contribution in [0.2, 0.25) is 0 Å². The molecule has 1 unspecified atom stereocenters. The van der Waals surface area contributed by atoms with Gasteiger partial charge in [-0.25, -0.2) is 0 Å². The summed E-state index contributed by atoms with van der Waals surface area (Å²) in [7, 11) is 1.61. The summed E-state index contributed by atoms with van der Waals surface area (Å²) >= 11 is 0. The minimum atomic E-state index is -1.65. The highest BCUT2D eigenvalue weighted by atomic mass is 16.5. The second-order valence-electron chi connectivity index (χ2n) is 11.3. The molecule has 2 aliphatic rings. The number of hydrogen-bond acceptors (Lipinski definition) is 5. The van der Waals surface area contributed by atoms with Gasteiger partial charge in [-0.2, -0.15) is 0 Å². The van der Waals surface area contributed by atoms with Crippen LogP contribution in [0.3, 0.4) is 0 Å². The molecule has 43 heavy (non-hydrogen) atoms. The lowest BCUT2D eigenvalue weighted by atomic mass is 9.83. The summed E-state index contributed by atoms with van der Waals surface area (Å²) in [5.74, 6) is -0.149. The molecule has 0 saturated carbocycles. The second-order valence-corrected chi connectivity index (χ2v) is 11.3. The molecule has 0 N–H and O–H groups in total. The quantitative estimate of drug-likeness (QED) is 0.254. The maximum Gasteiger partial charge on any atom is 0.291 e. The van der Waals surface area contributed by atoms with Gasteiger partial charge < -0.3 is 19.0 Å². The number of carbonyl (C=O) groups excluding carboxylic acids is 2. The average molecular weight is 571 g/mol. The van der Waals surface area contributed by atoms with Gasteiger partial charge in [-0.3, -0.25) is 14.4 Å². The van der Waals surface area contributed by atoms with Gasteiger partial charge >= 0.3 is 0 Å². The molecule has 4 aromatic carbocycles. The fourth-order valence-corrected chi connectivity index (χ4v) is 6.47. The molecule has 1 atom stereocenters. The van der Waals surface area contributed by atoms with Crippen LogP contribution in [-0.2, 0) is 23.3 Å². The predicted molar refractivity (Wildman–Crippen MR) is 165 cm³/mol. The first kappa shape index (κ1) is 26.7. The lowest BCUT2D eigenvalue weighted by Gasteiger charge is -2.34. The van der Waals surface area contributed by atoms with E-state index in [1.54, 1.807) is 29.0 Å². The van der Waals surface area contributed by atoms with Crippen molar-refractivity contribution in [2.24, 2.45) is 0 Å². The van der Waals surface area contributed by atoms with Crippen molar-refractivity contribution in [2.75, 3.05) is 18.6 Å². The number of methoxy groups -OCH3 is 1. The minimum Gasteiger partial charge on any atom is -0.497 e. The Morgan fingerprint density at radius 3 is 2.26 bits per heavy atom. The molecule has 7 rings (SSSR count). The number of aryl methyl sites for hydroxylation is 2. The van der Waals surface area contributed by atoms with E-state index >= 15 is 0 Å². The molecular weight excluding hydrogens is 540 g/mol. The fraction of sp³-hybridized carbons (Fsp3) is 0.194. The first-order valence-electron chi connectivity index (χ1n) is 14.3. The average Bonchev–Trinajstić information content (AvgIpc) is 3.41. The second kappa shape index (κ2) is 9.98. The van der Waals surface area contributed by atoms with Crippen molar-refractivity contribution < 1.29 is 18.7 Å². The molecule has 7 heteroatoms. The Kier molecular flexibility index (Phi) is 6.20. The van der Waals surface area contributed by atoms with E-state index in [4.69, 9.17) is 9.15 Å². The summed E-state index contributed by atoms with van der Waals surface area (Å²) in [6.07, 6.45) is 0.464. The summed E-state index contributed by atoms with van der Waals surface area (Å²) in [6, 6.07) is 28.4. The van der Waals surface area contributed by atoms with Crippen LogP contribution in [0, 0.1) is 13.8 Å². The van der Waals surface area contributed by atoms with Crippen molar-refractivity contribution in [2.45, 2.75) is 32.4 Å². The van der Waals surface area contributed by atoms with Crippen LogP contribution in [0.4, 0.5) is 5.69 Å². The van der Waals surface area contributed by atoms with Crippen LogP contribution in [-0.4, -0.2) is 30.4 Å². The van der Waals surface area contributed by atoms with Crippen molar-refractivity contribution in [1.82, 2.24) is 4.90 Å². The van der Waals surface area contributed by atoms with Gasteiger partial charge in [0, 0.05) is 12.1 Å². The molecule has 2 amide bonds. The first-order valence-corrected chi connectivity index (χ1v) is 14.3. The number of nitrogens with zero attached hydrogens (tertiary/aromatic N) is 2. The van der Waals surface area contributed by atoms with Gasteiger partial charge in [-0.15, -0.1) is 0 Å². The third-order valence-electron chi connectivity index (χ3n) is 8.64. The van der Waals surface area contributed by atoms with Crippen molar-refractivity contribution in [3.05, 3.63) is 140 Å². The number of amides is 2. The Bertz CT molecular complexity index is 1980. The topological polar surface area (TPSA) is 80.1 Å². The number of hydrogen-bond donors (Lipinski definition) is 0. The molecule has 0 aliphatic carbocycles. The summed E-state index contributed by atoms with van der Waals surface area (Å²) in [5.41, 5.74) is 3.59. The van der Waals surface area contributed by atoms with Crippen molar-refractivity contribution >= 4 is 28.5 Å². The van der Waals surface area contributed by atoms with Crippen LogP contribution in [0.25, 0.3) is 11.0 Å². The van der Waals surface area contributed by atoms with E-state index in [-0.39, 0.29) is 29.2 Å². The van der Waals surface area contributed by atoms with Gasteiger partial charge in [0.25, 0.3) is 11.8 Å². The maximum atomic E-state index is 15.0. The van der Waals surface area contributed by atoms with Crippen LogP contribution < -0.4 is 15.1 Å². The van der Waals surface area contributed by atoms with Gasteiger partial charge in [0.15, 0.2) is 11.0 Å². The monoisotopic (exact) mass is 570 g/mol. The van der Waals surface area contributed by atoms with Crippen LogP contribution in [0.1, 0.15) is 43.9 Å². The number of fused-ring (bicyclic) bond motifs is 5. The third-order valence-corrected chi connectivity index (χ3v) is 8.64. The number of anilines is 1. The number of ether oxygens (including phenoxy) is 1. The van der Waals surface area contributed by atoms with Crippen molar-refractivity contribution in [3.8, 4) is 5.75 Å². The molecule has 214 valence electrons. The number of benzene rings is 4. The van der Waals surface area contributed by atoms with Crippen molar-refractivity contribution in [3.63, 3.8) is 0 Å². The smallest absolute Gasteiger partial charge is 0.291 e. The zero-order valence-corrected chi connectivity index (χ0v) is 24.2. The van der Waals surface area contributed by atoms with Crippen LogP contribution >= 0.6 is 0 Å². The Balaban J connectivity index is 1.43. The predicted octanol–water partition coefficient (Wildman–Crippen LogP) is 5.91. The molecule has 2 aliphatic heterocycles. The normalized spacial score (nSPS) is 17.2. The third kappa shape index (κ3) is 3.99. The molecule has 7 nitrogen and oxygen atoms in total. The van der Waals surface area contributed by atoms with Gasteiger partial charge in [-0.05, 0) is 61.7 Å². The van der Waals surface area contributed by atoms with E-state index in [1.807, 2.05) is 92.7 Å². The van der Waals surface area contributed by atoms with E-state index in [2.05, 4.69) is 0 Å². The van der Waals surface area contributed by atoms with E-state index in [1.165, 1.54) is 0 Å². The highest BCUT2D eigenvalue weighted by Crippen LogP contribution is 2.53. The molecule has 5 aromatic rings. The van der Waals surface area contributed by atoms with Gasteiger partial charge in [0.1, 0.15) is 11.3 Å². The zero-order chi connectivity index (χ0) is 29.9. The molecule has 0 bridgehead atoms. The van der Waals surface area contributed by atoms with E-state index in [9.17, 15) is 14.4 Å². The van der Waals surface area contributed by atoms with E-state index < -0.39 is 11.4 Å². The standard InChI is InChI=1S/C36H30N2O5/c1-22-8-11-25(12-9-22)21-37-29-7-5-4-6-28(29)36(35(37)41)31-32(39)27-20-23(2)10-17-30(27)43-33(31)34(40)38(36)19-18-24-13-15-26(42-3)16-14-24/h4-17,20H,18-19,21H2,1-3H3.